The van der Waals surface area contributed by atoms with Crippen molar-refractivity contribution in [3.63, 3.8) is 0 Å². The summed E-state index contributed by atoms with van der Waals surface area (Å²) in [4.78, 5) is 36.6. The summed E-state index contributed by atoms with van der Waals surface area (Å²) in [5.74, 6) is -0.532. The Morgan fingerprint density at radius 1 is 1.46 bits per heavy atom. The van der Waals surface area contributed by atoms with Crippen LogP contribution in [-0.4, -0.2) is 42.6 Å². The van der Waals surface area contributed by atoms with E-state index in [4.69, 9.17) is 4.74 Å². The standard InChI is InChI=1S/C15H17N3O5S/c1-3-18(15(21)22)9-7-10(14(20)23-2)24-11(9)12(17-18)16-13(19)8-5-4-6-8/h7-8H,3-6H2,1-2H3,(H-,16,17,19,21,22)/p+1. The molecule has 0 bridgehead atoms. The van der Waals surface area contributed by atoms with Gasteiger partial charge in [0.1, 0.15) is 16.3 Å². The van der Waals surface area contributed by atoms with Crippen molar-refractivity contribution in [2.75, 3.05) is 13.7 Å². The maximum Gasteiger partial charge on any atom is 0.546 e. The lowest BCUT2D eigenvalue weighted by molar-refractivity contribution is -0.125. The van der Waals surface area contributed by atoms with Crippen molar-refractivity contribution in [1.29, 1.82) is 0 Å². The molecule has 1 saturated carbocycles. The van der Waals surface area contributed by atoms with Gasteiger partial charge in [0.2, 0.25) is 11.7 Å². The van der Waals surface area contributed by atoms with Gasteiger partial charge in [-0.3, -0.25) is 4.79 Å². The van der Waals surface area contributed by atoms with Gasteiger partial charge in [-0.05, 0) is 24.9 Å². The smallest absolute Gasteiger partial charge is 0.465 e. The van der Waals surface area contributed by atoms with Crippen molar-refractivity contribution in [3.05, 3.63) is 15.8 Å². The van der Waals surface area contributed by atoms with Gasteiger partial charge in [-0.2, -0.15) is 4.79 Å². The van der Waals surface area contributed by atoms with Crippen molar-refractivity contribution >= 4 is 40.8 Å². The number of methoxy groups -OCH3 is 1. The van der Waals surface area contributed by atoms with E-state index in [1.54, 1.807) is 6.92 Å². The predicted octanol–water partition coefficient (Wildman–Crippen LogP) is 2.13. The maximum atomic E-state index is 12.2. The molecule has 0 aromatic carbocycles. The van der Waals surface area contributed by atoms with Crippen LogP contribution in [-0.2, 0) is 9.53 Å². The number of quaternary nitrogens is 1. The number of esters is 1. The molecule has 1 fully saturated rings. The number of carbonyl (C=O) groups is 3. The van der Waals surface area contributed by atoms with Gasteiger partial charge in [0, 0.05) is 12.0 Å². The van der Waals surface area contributed by atoms with E-state index in [1.165, 1.54) is 13.2 Å². The quantitative estimate of drug-likeness (QED) is 0.640. The number of hydrogen-bond acceptors (Lipinski definition) is 6. The Kier molecular flexibility index (Phi) is 4.14. The number of rotatable bonds is 3. The molecule has 1 aliphatic carbocycles. The average Bonchev–Trinajstić information content (AvgIpc) is 3.04. The van der Waals surface area contributed by atoms with Crippen LogP contribution in [0, 0.1) is 5.92 Å². The highest BCUT2D eigenvalue weighted by atomic mass is 32.1. The van der Waals surface area contributed by atoms with Gasteiger partial charge >= 0.3 is 12.1 Å². The first-order valence-electron chi connectivity index (χ1n) is 7.68. The van der Waals surface area contributed by atoms with Crippen LogP contribution in [0.15, 0.2) is 11.2 Å². The molecule has 1 unspecified atom stereocenters. The number of nitrogens with one attached hydrogen (secondary N) is 1. The van der Waals surface area contributed by atoms with Gasteiger partial charge < -0.3 is 15.2 Å². The van der Waals surface area contributed by atoms with Gasteiger partial charge in [-0.1, -0.05) is 11.0 Å². The molecule has 1 aliphatic heterocycles. The van der Waals surface area contributed by atoms with Crippen molar-refractivity contribution in [1.82, 2.24) is 9.91 Å². The van der Waals surface area contributed by atoms with Crippen LogP contribution in [0.3, 0.4) is 0 Å². The maximum absolute atomic E-state index is 12.2. The number of fused-ring (bicyclic) bond motifs is 1. The Bertz CT molecular complexity index is 752. The minimum absolute atomic E-state index is 0.0508. The lowest BCUT2D eigenvalue weighted by atomic mass is 9.85. The molecule has 8 nitrogen and oxygen atoms in total. The normalized spacial score (nSPS) is 22.3. The third-order valence-electron chi connectivity index (χ3n) is 4.48. The van der Waals surface area contributed by atoms with E-state index in [2.05, 4.69) is 10.4 Å². The van der Waals surface area contributed by atoms with Gasteiger partial charge in [0.15, 0.2) is 5.69 Å². The molecule has 3 rings (SSSR count). The molecule has 2 aliphatic rings. The van der Waals surface area contributed by atoms with Gasteiger partial charge in [0.25, 0.3) is 0 Å². The summed E-state index contributed by atoms with van der Waals surface area (Å²) < 4.78 is 4.02. The highest BCUT2D eigenvalue weighted by molar-refractivity contribution is 7.16. The second kappa shape index (κ2) is 5.99. The minimum atomic E-state index is -1.17. The zero-order valence-electron chi connectivity index (χ0n) is 13.4. The summed E-state index contributed by atoms with van der Waals surface area (Å²) in [6, 6.07) is 1.48. The predicted molar refractivity (Wildman–Crippen MR) is 88.0 cm³/mol. The Morgan fingerprint density at radius 2 is 2.17 bits per heavy atom. The van der Waals surface area contributed by atoms with Crippen molar-refractivity contribution in [2.45, 2.75) is 26.2 Å². The molecule has 1 atom stereocenters. The molecule has 2 heterocycles. The third-order valence-corrected chi connectivity index (χ3v) is 5.59. The highest BCUT2D eigenvalue weighted by Gasteiger charge is 2.50. The summed E-state index contributed by atoms with van der Waals surface area (Å²) in [5.41, 5.74) is 0.374. The van der Waals surface area contributed by atoms with Gasteiger partial charge in [-0.25, -0.2) is 4.79 Å². The Hall–Kier alpha value is -2.26. The number of hydrogen-bond donors (Lipinski definition) is 2. The molecule has 1 aromatic heterocycles. The van der Waals surface area contributed by atoms with E-state index >= 15 is 0 Å². The second-order valence-electron chi connectivity index (χ2n) is 5.75. The molecule has 9 heteroatoms. The number of amides is 2. The molecule has 0 radical (unpaired) electrons. The van der Waals surface area contributed by atoms with Crippen LogP contribution in [0.5, 0.6) is 0 Å². The molecular weight excluding hydrogens is 334 g/mol. The van der Waals surface area contributed by atoms with Crippen LogP contribution >= 0.6 is 11.3 Å². The van der Waals surface area contributed by atoms with Crippen LogP contribution < -0.4 is 9.91 Å². The number of carbonyl (C=O) groups excluding carboxylic acids is 2. The fourth-order valence-electron chi connectivity index (χ4n) is 2.79. The van der Waals surface area contributed by atoms with E-state index in [-0.39, 0.29) is 29.1 Å². The summed E-state index contributed by atoms with van der Waals surface area (Å²) in [5, 5.41) is 16.7. The Morgan fingerprint density at radius 3 is 2.67 bits per heavy atom. The molecule has 128 valence electrons. The highest BCUT2D eigenvalue weighted by Crippen LogP contribution is 2.41. The monoisotopic (exact) mass is 352 g/mol. The van der Waals surface area contributed by atoms with Crippen LogP contribution in [0.4, 0.5) is 10.5 Å². The second-order valence-corrected chi connectivity index (χ2v) is 6.80. The first-order valence-corrected chi connectivity index (χ1v) is 8.50. The first kappa shape index (κ1) is 16.6. The molecule has 24 heavy (non-hydrogen) atoms. The summed E-state index contributed by atoms with van der Waals surface area (Å²) in [6.07, 6.45) is 1.51. The summed E-state index contributed by atoms with van der Waals surface area (Å²) in [6.45, 7) is 1.84. The molecule has 1 aromatic rings. The van der Waals surface area contributed by atoms with Crippen molar-refractivity contribution in [2.24, 2.45) is 11.0 Å². The SMILES string of the molecule is CC[N+]1(C(=O)O)N=C(NC(=O)C2CCC2)c2sc(C(=O)OC)cc21. The van der Waals surface area contributed by atoms with Gasteiger partial charge in [0.05, 0.1) is 7.11 Å². The van der Waals surface area contributed by atoms with Crippen molar-refractivity contribution < 1.29 is 24.2 Å². The number of carboxylic acid groups (broad SMARTS) is 1. The minimum Gasteiger partial charge on any atom is -0.465 e. The van der Waals surface area contributed by atoms with Crippen molar-refractivity contribution in [3.8, 4) is 0 Å². The van der Waals surface area contributed by atoms with Crippen LogP contribution in [0.1, 0.15) is 40.7 Å². The molecular formula is C15H18N3O5S+. The summed E-state index contributed by atoms with van der Waals surface area (Å²) in [7, 11) is 1.26. The number of ether oxygens (including phenoxy) is 1. The molecule has 2 amide bonds. The number of amidine groups is 1. The van der Waals surface area contributed by atoms with E-state index in [0.717, 1.165) is 30.6 Å². The Balaban J connectivity index is 2.01. The lowest BCUT2D eigenvalue weighted by Crippen LogP contribution is -2.47. The van der Waals surface area contributed by atoms with E-state index in [1.807, 2.05) is 0 Å². The fourth-order valence-corrected chi connectivity index (χ4v) is 3.85. The Labute approximate surface area is 142 Å². The lowest BCUT2D eigenvalue weighted by Gasteiger charge is -2.23. The average molecular weight is 352 g/mol. The number of thiophene rings is 1. The fraction of sp³-hybridized carbons (Fsp3) is 0.467. The zero-order chi connectivity index (χ0) is 17.5. The largest absolute Gasteiger partial charge is 0.546 e. The van der Waals surface area contributed by atoms with Gasteiger partial charge in [-0.15, -0.1) is 11.3 Å². The molecule has 0 saturated heterocycles. The van der Waals surface area contributed by atoms with E-state index in [9.17, 15) is 19.5 Å². The number of nitrogens with zero attached hydrogens (tertiary/aromatic N) is 2. The van der Waals surface area contributed by atoms with Crippen LogP contribution in [0.25, 0.3) is 0 Å². The topological polar surface area (TPSA) is 105 Å². The molecule has 0 spiro atoms. The third kappa shape index (κ3) is 2.40. The van der Waals surface area contributed by atoms with Crippen LogP contribution in [0.2, 0.25) is 0 Å². The zero-order valence-corrected chi connectivity index (χ0v) is 14.2. The first-order chi connectivity index (χ1) is 11.4. The summed E-state index contributed by atoms with van der Waals surface area (Å²) >= 11 is 1.08. The van der Waals surface area contributed by atoms with E-state index < -0.39 is 16.7 Å². The van der Waals surface area contributed by atoms with E-state index in [0.29, 0.717) is 10.6 Å². The molecule has 2 N–H and O–H groups in total.